The summed E-state index contributed by atoms with van der Waals surface area (Å²) in [7, 11) is 4.85. The molecule has 0 aliphatic carbocycles. The van der Waals surface area contributed by atoms with Crippen molar-refractivity contribution in [3.63, 3.8) is 0 Å². The molecule has 3 rings (SSSR count). The summed E-state index contributed by atoms with van der Waals surface area (Å²) in [6, 6.07) is 14.9. The Labute approximate surface area is 164 Å². The molecule has 3 aromatic rings. The fraction of sp³-hybridized carbons (Fsp3) is 0.273. The lowest BCUT2D eigenvalue weighted by molar-refractivity contribution is 0.0950. The number of pyridine rings is 1. The molecule has 2 aromatic carbocycles. The van der Waals surface area contributed by atoms with E-state index in [4.69, 9.17) is 19.2 Å². The number of rotatable bonds is 8. The van der Waals surface area contributed by atoms with E-state index in [1.165, 1.54) is 0 Å². The molecule has 146 valence electrons. The van der Waals surface area contributed by atoms with Crippen LogP contribution in [0.1, 0.15) is 16.8 Å². The first-order valence-corrected chi connectivity index (χ1v) is 9.07. The van der Waals surface area contributed by atoms with Gasteiger partial charge in [-0.05, 0) is 30.7 Å². The van der Waals surface area contributed by atoms with Crippen LogP contribution in [0.3, 0.4) is 0 Å². The van der Waals surface area contributed by atoms with E-state index in [0.717, 1.165) is 22.9 Å². The highest BCUT2D eigenvalue weighted by Crippen LogP contribution is 2.34. The third kappa shape index (κ3) is 4.23. The van der Waals surface area contributed by atoms with Gasteiger partial charge in [-0.15, -0.1) is 0 Å². The van der Waals surface area contributed by atoms with E-state index >= 15 is 0 Å². The molecule has 1 amide bonds. The summed E-state index contributed by atoms with van der Waals surface area (Å²) in [6.45, 7) is 1.15. The fourth-order valence-electron chi connectivity index (χ4n) is 3.03. The maximum atomic E-state index is 12.8. The molecule has 0 atom stereocenters. The number of carbonyl (C=O) groups excluding carboxylic acids is 1. The van der Waals surface area contributed by atoms with Gasteiger partial charge < -0.3 is 19.5 Å². The Morgan fingerprint density at radius 3 is 2.61 bits per heavy atom. The number of nitrogens with one attached hydrogen (secondary N) is 1. The van der Waals surface area contributed by atoms with Crippen molar-refractivity contribution in [2.45, 2.75) is 6.42 Å². The molecule has 6 heteroatoms. The highest BCUT2D eigenvalue weighted by atomic mass is 16.5. The van der Waals surface area contributed by atoms with Crippen LogP contribution in [0.15, 0.2) is 48.5 Å². The Balaban J connectivity index is 2.04. The lowest BCUT2D eigenvalue weighted by atomic mass is 10.0. The number of nitrogens with zero attached hydrogens (tertiary/aromatic N) is 1. The maximum Gasteiger partial charge on any atom is 0.252 e. The summed E-state index contributed by atoms with van der Waals surface area (Å²) in [6.07, 6.45) is 0.754. The zero-order valence-electron chi connectivity index (χ0n) is 16.3. The van der Waals surface area contributed by atoms with Crippen LogP contribution in [0, 0.1) is 0 Å². The molecule has 0 aliphatic heterocycles. The van der Waals surface area contributed by atoms with Crippen LogP contribution < -0.4 is 14.8 Å². The predicted molar refractivity (Wildman–Crippen MR) is 109 cm³/mol. The second-order valence-electron chi connectivity index (χ2n) is 6.24. The minimum absolute atomic E-state index is 0.136. The number of ether oxygens (including phenoxy) is 3. The number of amides is 1. The first kappa shape index (κ1) is 19.6. The fourth-order valence-corrected chi connectivity index (χ4v) is 3.03. The molecule has 0 spiro atoms. The zero-order chi connectivity index (χ0) is 19.9. The number of methoxy groups -OCH3 is 3. The van der Waals surface area contributed by atoms with Crippen molar-refractivity contribution in [3.8, 4) is 22.8 Å². The molecule has 0 radical (unpaired) electrons. The van der Waals surface area contributed by atoms with Crippen molar-refractivity contribution in [1.82, 2.24) is 10.3 Å². The van der Waals surface area contributed by atoms with Crippen molar-refractivity contribution in [2.24, 2.45) is 0 Å². The third-order valence-corrected chi connectivity index (χ3v) is 4.46. The Kier molecular flexibility index (Phi) is 6.45. The number of hydrogen-bond donors (Lipinski definition) is 1. The number of aromatic nitrogens is 1. The van der Waals surface area contributed by atoms with Gasteiger partial charge in [0.25, 0.3) is 5.91 Å². The molecular weight excluding hydrogens is 356 g/mol. The first-order chi connectivity index (χ1) is 13.7. The standard InChI is InChI=1S/C22H24N2O4/c1-26-12-6-11-23-22(25)18-14-20(24-19-8-5-4-7-16(18)19)17-10-9-15(27-2)13-21(17)28-3/h4-5,7-10,13-14H,6,11-12H2,1-3H3,(H,23,25). The highest BCUT2D eigenvalue weighted by Gasteiger charge is 2.16. The molecule has 0 saturated heterocycles. The predicted octanol–water partition coefficient (Wildman–Crippen LogP) is 3.69. The van der Waals surface area contributed by atoms with E-state index in [1.54, 1.807) is 33.5 Å². The van der Waals surface area contributed by atoms with Crippen LogP contribution in [-0.2, 0) is 4.74 Å². The summed E-state index contributed by atoms with van der Waals surface area (Å²) in [5.41, 5.74) is 2.79. The van der Waals surface area contributed by atoms with Gasteiger partial charge in [0.05, 0.1) is 31.0 Å². The van der Waals surface area contributed by atoms with E-state index in [2.05, 4.69) is 5.32 Å². The number of para-hydroxylation sites is 1. The highest BCUT2D eigenvalue weighted by molar-refractivity contribution is 6.07. The Morgan fingerprint density at radius 1 is 1.04 bits per heavy atom. The van der Waals surface area contributed by atoms with Gasteiger partial charge in [0.15, 0.2) is 0 Å². The Hall–Kier alpha value is -3.12. The second-order valence-corrected chi connectivity index (χ2v) is 6.24. The zero-order valence-corrected chi connectivity index (χ0v) is 16.3. The second kappa shape index (κ2) is 9.19. The molecule has 28 heavy (non-hydrogen) atoms. The van der Waals surface area contributed by atoms with Gasteiger partial charge in [-0.3, -0.25) is 4.79 Å². The van der Waals surface area contributed by atoms with E-state index < -0.39 is 0 Å². The Morgan fingerprint density at radius 2 is 1.86 bits per heavy atom. The van der Waals surface area contributed by atoms with E-state index in [-0.39, 0.29) is 5.91 Å². The molecule has 0 unspecified atom stereocenters. The van der Waals surface area contributed by atoms with Crippen LogP contribution in [0.5, 0.6) is 11.5 Å². The van der Waals surface area contributed by atoms with Gasteiger partial charge in [-0.2, -0.15) is 0 Å². The maximum absolute atomic E-state index is 12.8. The third-order valence-electron chi connectivity index (χ3n) is 4.46. The molecule has 1 heterocycles. The molecular formula is C22H24N2O4. The van der Waals surface area contributed by atoms with Crippen LogP contribution in [0.25, 0.3) is 22.2 Å². The summed E-state index contributed by atoms with van der Waals surface area (Å²) < 4.78 is 15.8. The number of hydrogen-bond acceptors (Lipinski definition) is 5. The van der Waals surface area contributed by atoms with Gasteiger partial charge in [0.2, 0.25) is 0 Å². The number of benzene rings is 2. The van der Waals surface area contributed by atoms with Gasteiger partial charge in [0.1, 0.15) is 11.5 Å². The average molecular weight is 380 g/mol. The SMILES string of the molecule is COCCCNC(=O)c1cc(-c2ccc(OC)cc2OC)nc2ccccc12. The molecule has 1 N–H and O–H groups in total. The molecule has 1 aromatic heterocycles. The average Bonchev–Trinajstić information content (AvgIpc) is 2.75. The largest absolute Gasteiger partial charge is 0.497 e. The lowest BCUT2D eigenvalue weighted by Crippen LogP contribution is -2.25. The molecule has 0 fully saturated rings. The van der Waals surface area contributed by atoms with Crippen molar-refractivity contribution in [1.29, 1.82) is 0 Å². The molecule has 0 bridgehead atoms. The van der Waals surface area contributed by atoms with Gasteiger partial charge >= 0.3 is 0 Å². The molecule has 0 saturated carbocycles. The van der Waals surface area contributed by atoms with E-state index in [9.17, 15) is 4.79 Å². The summed E-state index contributed by atoms with van der Waals surface area (Å²) in [4.78, 5) is 17.6. The van der Waals surface area contributed by atoms with Crippen molar-refractivity contribution >= 4 is 16.8 Å². The van der Waals surface area contributed by atoms with Crippen LogP contribution in [0.2, 0.25) is 0 Å². The quantitative estimate of drug-likeness (QED) is 0.604. The van der Waals surface area contributed by atoms with Crippen molar-refractivity contribution < 1.29 is 19.0 Å². The molecule has 0 aliphatic rings. The Bertz CT molecular complexity index is 972. The number of fused-ring (bicyclic) bond motifs is 1. The summed E-state index contributed by atoms with van der Waals surface area (Å²) in [5, 5.41) is 3.76. The minimum Gasteiger partial charge on any atom is -0.497 e. The van der Waals surface area contributed by atoms with Crippen molar-refractivity contribution in [3.05, 3.63) is 54.1 Å². The number of carbonyl (C=O) groups is 1. The van der Waals surface area contributed by atoms with Crippen molar-refractivity contribution in [2.75, 3.05) is 34.5 Å². The van der Waals surface area contributed by atoms with Crippen LogP contribution in [0.4, 0.5) is 0 Å². The van der Waals surface area contributed by atoms with Gasteiger partial charge in [0, 0.05) is 37.3 Å². The van der Waals surface area contributed by atoms with Gasteiger partial charge in [-0.25, -0.2) is 4.98 Å². The van der Waals surface area contributed by atoms with Crippen LogP contribution in [-0.4, -0.2) is 45.4 Å². The van der Waals surface area contributed by atoms with Crippen LogP contribution >= 0.6 is 0 Å². The first-order valence-electron chi connectivity index (χ1n) is 9.07. The summed E-state index contributed by atoms with van der Waals surface area (Å²) >= 11 is 0. The van der Waals surface area contributed by atoms with E-state index in [0.29, 0.717) is 35.9 Å². The summed E-state index contributed by atoms with van der Waals surface area (Å²) in [5.74, 6) is 1.19. The lowest BCUT2D eigenvalue weighted by Gasteiger charge is -2.13. The molecule has 6 nitrogen and oxygen atoms in total. The normalized spacial score (nSPS) is 10.7. The van der Waals surface area contributed by atoms with E-state index in [1.807, 2.05) is 36.4 Å². The van der Waals surface area contributed by atoms with Gasteiger partial charge in [-0.1, -0.05) is 18.2 Å². The smallest absolute Gasteiger partial charge is 0.252 e. The topological polar surface area (TPSA) is 69.7 Å². The monoisotopic (exact) mass is 380 g/mol. The minimum atomic E-state index is -0.136.